The molecule has 10 nitrogen and oxygen atoms in total. The number of hydrogen-bond donors (Lipinski definition) is 1. The summed E-state index contributed by atoms with van der Waals surface area (Å²) in [6, 6.07) is 23.1. The molecule has 1 N–H and O–H groups in total. The monoisotopic (exact) mass is 642 g/mol. The quantitative estimate of drug-likeness (QED) is 0.241. The number of amides is 1. The van der Waals surface area contributed by atoms with Gasteiger partial charge in [-0.2, -0.15) is 0 Å². The zero-order valence-electron chi connectivity index (χ0n) is 25.2. The Bertz CT molecular complexity index is 2340. The summed E-state index contributed by atoms with van der Waals surface area (Å²) >= 11 is 0. The molecule has 0 fully saturated rings. The number of furan rings is 1. The minimum Gasteiger partial charge on any atom is -0.455 e. The maximum atomic E-state index is 13.3. The van der Waals surface area contributed by atoms with Crippen molar-refractivity contribution in [3.05, 3.63) is 96.3 Å². The van der Waals surface area contributed by atoms with Crippen molar-refractivity contribution in [1.29, 1.82) is 0 Å². The fourth-order valence-electron chi connectivity index (χ4n) is 5.30. The van der Waals surface area contributed by atoms with E-state index in [2.05, 4.69) is 10.3 Å². The van der Waals surface area contributed by atoms with Gasteiger partial charge in [-0.1, -0.05) is 35.9 Å². The van der Waals surface area contributed by atoms with Crippen LogP contribution in [-0.2, 0) is 19.9 Å². The van der Waals surface area contributed by atoms with E-state index >= 15 is 0 Å². The van der Waals surface area contributed by atoms with Gasteiger partial charge in [0.1, 0.15) is 17.7 Å². The molecule has 4 aromatic carbocycles. The van der Waals surface area contributed by atoms with Gasteiger partial charge in [0, 0.05) is 48.6 Å². The number of carbonyl (C=O) groups is 1. The molecule has 6 aromatic rings. The van der Waals surface area contributed by atoms with Gasteiger partial charge in [0.05, 0.1) is 33.4 Å². The molecule has 1 amide bonds. The predicted molar refractivity (Wildman–Crippen MR) is 176 cm³/mol. The minimum atomic E-state index is -3.69. The van der Waals surface area contributed by atoms with Crippen molar-refractivity contribution in [2.45, 2.75) is 11.8 Å². The maximum absolute atomic E-state index is 13.3. The Morgan fingerprint density at radius 2 is 1.56 bits per heavy atom. The number of carbonyl (C=O) groups excluding carboxylic acids is 1. The van der Waals surface area contributed by atoms with Crippen LogP contribution in [0.25, 0.3) is 50.1 Å². The van der Waals surface area contributed by atoms with Crippen LogP contribution >= 0.6 is 0 Å². The Morgan fingerprint density at radius 1 is 0.889 bits per heavy atom. The largest absolute Gasteiger partial charge is 0.455 e. The summed E-state index contributed by atoms with van der Waals surface area (Å²) in [5.74, 6) is 0.0334. The molecule has 6 rings (SSSR count). The fraction of sp³-hybridized carbons (Fsp3) is 0.152. The van der Waals surface area contributed by atoms with Gasteiger partial charge < -0.3 is 9.73 Å². The summed E-state index contributed by atoms with van der Waals surface area (Å²) in [4.78, 5) is 18.0. The highest BCUT2D eigenvalue weighted by molar-refractivity contribution is 7.92. The third kappa shape index (κ3) is 5.47. The van der Waals surface area contributed by atoms with Gasteiger partial charge in [0.15, 0.2) is 9.84 Å². The lowest BCUT2D eigenvalue weighted by molar-refractivity contribution is 0.0964. The van der Waals surface area contributed by atoms with Gasteiger partial charge in [0.25, 0.3) is 5.91 Å². The van der Waals surface area contributed by atoms with Crippen LogP contribution in [0.1, 0.15) is 15.9 Å². The molecular formula is C33H30N4O6S2. The number of imidazole rings is 1. The summed E-state index contributed by atoms with van der Waals surface area (Å²) in [6.07, 6.45) is 3.92. The summed E-state index contributed by atoms with van der Waals surface area (Å²) in [6.45, 7) is 1.97. The molecule has 2 aromatic heterocycles. The number of aromatic nitrogens is 2. The number of fused-ring (bicyclic) bond motifs is 2. The molecule has 0 aliphatic rings. The predicted octanol–water partition coefficient (Wildman–Crippen LogP) is 5.57. The Labute approximate surface area is 260 Å². The molecule has 230 valence electrons. The molecule has 0 saturated heterocycles. The first-order chi connectivity index (χ1) is 21.3. The van der Waals surface area contributed by atoms with Crippen LogP contribution in [0, 0.1) is 6.92 Å². The van der Waals surface area contributed by atoms with Crippen LogP contribution in [0.15, 0.2) is 94.5 Å². The SMILES string of the molecule is CNC(=O)c1c(-c2ccc(C)cc2)oc2cc(N(C)S(C)(=O)=O)c(-c3ccc4ncn(-c5ccc(S(C)(=O)=O)cc5)c4c3)cc12. The Morgan fingerprint density at radius 3 is 2.18 bits per heavy atom. The van der Waals surface area contributed by atoms with Crippen LogP contribution in [-0.4, -0.2) is 58.9 Å². The van der Waals surface area contributed by atoms with Crippen molar-refractivity contribution in [3.8, 4) is 28.1 Å². The van der Waals surface area contributed by atoms with Gasteiger partial charge in [-0.3, -0.25) is 13.7 Å². The number of hydrogen-bond acceptors (Lipinski definition) is 7. The topological polar surface area (TPSA) is 132 Å². The van der Waals surface area contributed by atoms with Crippen molar-refractivity contribution < 1.29 is 26.0 Å². The first kappa shape index (κ1) is 30.1. The molecule has 0 unspecified atom stereocenters. The third-order valence-electron chi connectivity index (χ3n) is 7.81. The highest BCUT2D eigenvalue weighted by atomic mass is 32.2. The van der Waals surface area contributed by atoms with E-state index in [0.29, 0.717) is 61.4 Å². The first-order valence-corrected chi connectivity index (χ1v) is 17.6. The summed E-state index contributed by atoms with van der Waals surface area (Å²) in [5, 5.41) is 3.23. The Kier molecular flexibility index (Phi) is 7.29. The van der Waals surface area contributed by atoms with E-state index in [-0.39, 0.29) is 10.8 Å². The summed E-state index contributed by atoms with van der Waals surface area (Å²) < 4.78 is 58.9. The lowest BCUT2D eigenvalue weighted by atomic mass is 9.98. The van der Waals surface area contributed by atoms with Crippen molar-refractivity contribution in [3.63, 3.8) is 0 Å². The van der Waals surface area contributed by atoms with E-state index in [1.807, 2.05) is 54.0 Å². The van der Waals surface area contributed by atoms with Crippen molar-refractivity contribution >= 4 is 53.5 Å². The third-order valence-corrected chi connectivity index (χ3v) is 10.1. The molecule has 0 aliphatic carbocycles. The Balaban J connectivity index is 1.60. The minimum absolute atomic E-state index is 0.204. The highest BCUT2D eigenvalue weighted by Crippen LogP contribution is 2.42. The Hall–Kier alpha value is -4.94. The van der Waals surface area contributed by atoms with Crippen molar-refractivity contribution in [1.82, 2.24) is 14.9 Å². The average Bonchev–Trinajstić information content (AvgIpc) is 3.60. The maximum Gasteiger partial charge on any atom is 0.255 e. The van der Waals surface area contributed by atoms with Crippen LogP contribution in [0.3, 0.4) is 0 Å². The van der Waals surface area contributed by atoms with Crippen LogP contribution in [0.4, 0.5) is 5.69 Å². The molecule has 45 heavy (non-hydrogen) atoms. The van der Waals surface area contributed by atoms with E-state index in [9.17, 15) is 21.6 Å². The van der Waals surface area contributed by atoms with E-state index in [1.54, 1.807) is 37.6 Å². The van der Waals surface area contributed by atoms with E-state index in [4.69, 9.17) is 4.42 Å². The standard InChI is InChI=1S/C33H30N4O6S2/c1-20-6-8-21(9-7-20)32-31(33(38)34-2)26-17-25(28(18-30(26)43-32)36(3)45(5,41)42)22-10-15-27-29(16-22)37(19-35-27)23-11-13-24(14-12-23)44(4,39)40/h6-19H,1-5H3,(H,34,38). The van der Waals surface area contributed by atoms with Crippen molar-refractivity contribution in [2.24, 2.45) is 0 Å². The number of nitrogens with zero attached hydrogens (tertiary/aromatic N) is 3. The molecular weight excluding hydrogens is 613 g/mol. The number of nitrogens with one attached hydrogen (secondary N) is 1. The van der Waals surface area contributed by atoms with Crippen LogP contribution in [0.5, 0.6) is 0 Å². The number of anilines is 1. The highest BCUT2D eigenvalue weighted by Gasteiger charge is 2.26. The summed E-state index contributed by atoms with van der Waals surface area (Å²) in [5.41, 5.74) is 6.14. The van der Waals surface area contributed by atoms with Gasteiger partial charge in [-0.15, -0.1) is 0 Å². The molecule has 0 bridgehead atoms. The number of sulfonamides is 1. The van der Waals surface area contributed by atoms with E-state index in [1.165, 1.54) is 23.5 Å². The van der Waals surface area contributed by atoms with Crippen molar-refractivity contribution in [2.75, 3.05) is 30.9 Å². The second kappa shape index (κ2) is 10.9. The number of aryl methyl sites for hydroxylation is 1. The van der Waals surface area contributed by atoms with Gasteiger partial charge >= 0.3 is 0 Å². The molecule has 2 heterocycles. The zero-order chi connectivity index (χ0) is 32.3. The molecule has 12 heteroatoms. The van der Waals surface area contributed by atoms with Gasteiger partial charge in [0.2, 0.25) is 10.0 Å². The average molecular weight is 643 g/mol. The van der Waals surface area contributed by atoms with Crippen LogP contribution < -0.4 is 9.62 Å². The van der Waals surface area contributed by atoms with Gasteiger partial charge in [-0.05, 0) is 55.0 Å². The molecule has 0 radical (unpaired) electrons. The van der Waals surface area contributed by atoms with Crippen LogP contribution in [0.2, 0.25) is 0 Å². The lowest BCUT2D eigenvalue weighted by Gasteiger charge is -2.21. The molecule has 0 spiro atoms. The summed E-state index contributed by atoms with van der Waals surface area (Å²) in [7, 11) is -4.04. The normalized spacial score (nSPS) is 12.1. The van der Waals surface area contributed by atoms with E-state index in [0.717, 1.165) is 18.1 Å². The molecule has 0 aliphatic heterocycles. The number of sulfone groups is 1. The second-order valence-electron chi connectivity index (χ2n) is 10.9. The number of benzene rings is 4. The first-order valence-electron chi connectivity index (χ1n) is 13.9. The molecule has 0 atom stereocenters. The van der Waals surface area contributed by atoms with Gasteiger partial charge in [-0.25, -0.2) is 21.8 Å². The lowest BCUT2D eigenvalue weighted by Crippen LogP contribution is -2.25. The number of rotatable bonds is 7. The molecule has 0 saturated carbocycles. The fourth-order valence-corrected chi connectivity index (χ4v) is 6.43. The smallest absolute Gasteiger partial charge is 0.255 e. The van der Waals surface area contributed by atoms with E-state index < -0.39 is 19.9 Å². The second-order valence-corrected chi connectivity index (χ2v) is 15.0. The zero-order valence-corrected chi connectivity index (χ0v) is 26.8.